The van der Waals surface area contributed by atoms with Crippen LogP contribution >= 0.6 is 0 Å². The van der Waals surface area contributed by atoms with Gasteiger partial charge in [-0.3, -0.25) is 0 Å². The minimum atomic E-state index is -0.650. The molecule has 1 aromatic rings. The molecule has 0 aliphatic heterocycles. The van der Waals surface area contributed by atoms with Crippen LogP contribution in [0.2, 0.25) is 0 Å². The lowest BCUT2D eigenvalue weighted by atomic mass is 9.91. The molecule has 1 rings (SSSR count). The van der Waals surface area contributed by atoms with Gasteiger partial charge in [0.25, 0.3) is 0 Å². The molecule has 1 aromatic carbocycles. The van der Waals surface area contributed by atoms with Gasteiger partial charge in [-0.25, -0.2) is 4.39 Å². The number of ether oxygens (including phenoxy) is 2. The molecule has 4 nitrogen and oxygen atoms in total. The van der Waals surface area contributed by atoms with Crippen LogP contribution in [0.15, 0.2) is 12.1 Å². The monoisotopic (exact) mass is 285 g/mol. The van der Waals surface area contributed by atoms with Crippen molar-refractivity contribution in [2.75, 3.05) is 14.2 Å². The Bertz CT molecular complexity index is 439. The van der Waals surface area contributed by atoms with Crippen molar-refractivity contribution in [1.82, 2.24) is 0 Å². The lowest BCUT2D eigenvalue weighted by molar-refractivity contribution is 0.126. The number of halogens is 1. The van der Waals surface area contributed by atoms with Crippen molar-refractivity contribution >= 4 is 0 Å². The van der Waals surface area contributed by atoms with Gasteiger partial charge < -0.3 is 20.3 Å². The SMILES string of the molecule is CCC(N)C(O)CC(C)c1cc(OC)c(OC)cc1F. The van der Waals surface area contributed by atoms with Crippen molar-refractivity contribution in [3.8, 4) is 11.5 Å². The Balaban J connectivity index is 2.95. The summed E-state index contributed by atoms with van der Waals surface area (Å²) in [6.45, 7) is 3.77. The molecular weight excluding hydrogens is 261 g/mol. The van der Waals surface area contributed by atoms with Gasteiger partial charge in [-0.2, -0.15) is 0 Å². The summed E-state index contributed by atoms with van der Waals surface area (Å²) in [5.41, 5.74) is 6.28. The van der Waals surface area contributed by atoms with Crippen molar-refractivity contribution in [2.45, 2.75) is 44.8 Å². The second-order valence-electron chi connectivity index (χ2n) is 5.00. The standard InChI is InChI=1S/C15H24FNO3/c1-5-12(17)13(18)6-9(2)10-7-14(19-3)15(20-4)8-11(10)16/h7-9,12-13,18H,5-6,17H2,1-4H3. The Morgan fingerprint density at radius 3 is 2.30 bits per heavy atom. The van der Waals surface area contributed by atoms with Gasteiger partial charge in [-0.15, -0.1) is 0 Å². The molecule has 0 aliphatic carbocycles. The summed E-state index contributed by atoms with van der Waals surface area (Å²) in [6.07, 6.45) is 0.437. The van der Waals surface area contributed by atoms with Crippen molar-refractivity contribution in [3.05, 3.63) is 23.5 Å². The van der Waals surface area contributed by atoms with Crippen LogP contribution in [-0.2, 0) is 0 Å². The summed E-state index contributed by atoms with van der Waals surface area (Å²) in [4.78, 5) is 0. The van der Waals surface area contributed by atoms with Crippen molar-refractivity contribution < 1.29 is 19.0 Å². The highest BCUT2D eigenvalue weighted by atomic mass is 19.1. The van der Waals surface area contributed by atoms with Gasteiger partial charge in [0.05, 0.1) is 20.3 Å². The minimum absolute atomic E-state index is 0.164. The third kappa shape index (κ3) is 3.84. The zero-order valence-electron chi connectivity index (χ0n) is 12.5. The van der Waals surface area contributed by atoms with Crippen LogP contribution in [0.4, 0.5) is 4.39 Å². The van der Waals surface area contributed by atoms with E-state index in [1.54, 1.807) is 6.07 Å². The van der Waals surface area contributed by atoms with Gasteiger partial charge in [0.1, 0.15) is 5.82 Å². The number of benzene rings is 1. The molecule has 0 saturated carbocycles. The summed E-state index contributed by atoms with van der Waals surface area (Å²) < 4.78 is 24.3. The highest BCUT2D eigenvalue weighted by Crippen LogP contribution is 2.34. The summed E-state index contributed by atoms with van der Waals surface area (Å²) in [5, 5.41) is 9.96. The van der Waals surface area contributed by atoms with Crippen LogP contribution < -0.4 is 15.2 Å². The second-order valence-corrected chi connectivity index (χ2v) is 5.00. The van der Waals surface area contributed by atoms with E-state index in [1.165, 1.54) is 20.3 Å². The zero-order valence-corrected chi connectivity index (χ0v) is 12.5. The van der Waals surface area contributed by atoms with Crippen LogP contribution in [-0.4, -0.2) is 31.5 Å². The van der Waals surface area contributed by atoms with Gasteiger partial charge >= 0.3 is 0 Å². The smallest absolute Gasteiger partial charge is 0.163 e. The third-order valence-corrected chi connectivity index (χ3v) is 3.59. The summed E-state index contributed by atoms with van der Waals surface area (Å²) >= 11 is 0. The predicted octanol–water partition coefficient (Wildman–Crippen LogP) is 2.43. The predicted molar refractivity (Wildman–Crippen MR) is 76.8 cm³/mol. The number of hydrogen-bond donors (Lipinski definition) is 2. The number of aliphatic hydroxyl groups excluding tert-OH is 1. The van der Waals surface area contributed by atoms with Crippen LogP contribution in [0.3, 0.4) is 0 Å². The fourth-order valence-electron chi connectivity index (χ4n) is 2.18. The topological polar surface area (TPSA) is 64.7 Å². The lowest BCUT2D eigenvalue weighted by Crippen LogP contribution is -2.34. The molecule has 0 spiro atoms. The Morgan fingerprint density at radius 2 is 1.80 bits per heavy atom. The van der Waals surface area contributed by atoms with Gasteiger partial charge in [-0.05, 0) is 30.4 Å². The molecular formula is C15H24FNO3. The van der Waals surface area contributed by atoms with Crippen molar-refractivity contribution in [2.24, 2.45) is 5.73 Å². The van der Waals surface area contributed by atoms with Gasteiger partial charge in [-0.1, -0.05) is 13.8 Å². The maximum Gasteiger partial charge on any atom is 0.163 e. The highest BCUT2D eigenvalue weighted by Gasteiger charge is 2.21. The van der Waals surface area contributed by atoms with Crippen LogP contribution in [0.25, 0.3) is 0 Å². The quantitative estimate of drug-likeness (QED) is 0.807. The molecule has 0 aromatic heterocycles. The number of hydrogen-bond acceptors (Lipinski definition) is 4. The molecule has 3 unspecified atom stereocenters. The van der Waals surface area contributed by atoms with E-state index in [4.69, 9.17) is 15.2 Å². The molecule has 0 bridgehead atoms. The minimum Gasteiger partial charge on any atom is -0.493 e. The van der Waals surface area contributed by atoms with E-state index in [9.17, 15) is 9.50 Å². The van der Waals surface area contributed by atoms with Gasteiger partial charge in [0, 0.05) is 12.1 Å². The Labute approximate surface area is 119 Å². The molecule has 5 heteroatoms. The van der Waals surface area contributed by atoms with Crippen molar-refractivity contribution in [1.29, 1.82) is 0 Å². The van der Waals surface area contributed by atoms with Crippen LogP contribution in [0.1, 0.15) is 38.2 Å². The van der Waals surface area contributed by atoms with E-state index in [2.05, 4.69) is 0 Å². The molecule has 0 radical (unpaired) electrons. The maximum atomic E-state index is 14.1. The first-order valence-electron chi connectivity index (χ1n) is 6.79. The first-order chi connectivity index (χ1) is 9.44. The third-order valence-electron chi connectivity index (χ3n) is 3.59. The molecule has 3 atom stereocenters. The van der Waals surface area contributed by atoms with Crippen molar-refractivity contribution in [3.63, 3.8) is 0 Å². The summed E-state index contributed by atoms with van der Waals surface area (Å²) in [6, 6.07) is 2.63. The largest absolute Gasteiger partial charge is 0.493 e. The van der Waals surface area contributed by atoms with Crippen LogP contribution in [0.5, 0.6) is 11.5 Å². The lowest BCUT2D eigenvalue weighted by Gasteiger charge is -2.22. The number of aliphatic hydroxyl groups is 1. The summed E-state index contributed by atoms with van der Waals surface area (Å²) in [5.74, 6) is 0.298. The Morgan fingerprint density at radius 1 is 1.25 bits per heavy atom. The van der Waals surface area contributed by atoms with E-state index in [0.29, 0.717) is 29.9 Å². The van der Waals surface area contributed by atoms with E-state index in [1.807, 2.05) is 13.8 Å². The Hall–Kier alpha value is -1.33. The first kappa shape index (κ1) is 16.7. The molecule has 0 amide bonds. The molecule has 114 valence electrons. The highest BCUT2D eigenvalue weighted by molar-refractivity contribution is 5.44. The average molecular weight is 285 g/mol. The molecule has 0 heterocycles. The van der Waals surface area contributed by atoms with E-state index < -0.39 is 6.10 Å². The fourth-order valence-corrected chi connectivity index (χ4v) is 2.18. The number of methoxy groups -OCH3 is 2. The van der Waals surface area contributed by atoms with Gasteiger partial charge in [0.15, 0.2) is 11.5 Å². The van der Waals surface area contributed by atoms with E-state index in [-0.39, 0.29) is 17.8 Å². The first-order valence-corrected chi connectivity index (χ1v) is 6.79. The normalized spacial score (nSPS) is 15.6. The van der Waals surface area contributed by atoms with Gasteiger partial charge in [0.2, 0.25) is 0 Å². The number of rotatable bonds is 7. The fraction of sp³-hybridized carbons (Fsp3) is 0.600. The molecule has 0 fully saturated rings. The molecule has 3 N–H and O–H groups in total. The van der Waals surface area contributed by atoms with E-state index >= 15 is 0 Å². The van der Waals surface area contributed by atoms with E-state index in [0.717, 1.165) is 0 Å². The second kappa shape index (κ2) is 7.45. The average Bonchev–Trinajstić information content (AvgIpc) is 2.45. The zero-order chi connectivity index (χ0) is 15.3. The van der Waals surface area contributed by atoms with Crippen LogP contribution in [0, 0.1) is 5.82 Å². The molecule has 0 saturated heterocycles. The Kier molecular flexibility index (Phi) is 6.23. The maximum absolute atomic E-state index is 14.1. The molecule has 20 heavy (non-hydrogen) atoms. The number of nitrogens with two attached hydrogens (primary N) is 1. The molecule has 0 aliphatic rings. The summed E-state index contributed by atoms with van der Waals surface area (Å²) in [7, 11) is 2.97.